The normalized spacial score (nSPS) is 33.3. The molecule has 5 heteroatoms. The van der Waals surface area contributed by atoms with Crippen molar-refractivity contribution in [3.05, 3.63) is 0 Å². The van der Waals surface area contributed by atoms with Crippen LogP contribution in [0.1, 0.15) is 19.8 Å². The summed E-state index contributed by atoms with van der Waals surface area (Å²) in [4.78, 5) is 22.0. The van der Waals surface area contributed by atoms with Crippen LogP contribution in [-0.4, -0.2) is 32.9 Å². The van der Waals surface area contributed by atoms with Crippen molar-refractivity contribution < 1.29 is 14.7 Å². The Morgan fingerprint density at radius 3 is 2.69 bits per heavy atom. The van der Waals surface area contributed by atoms with E-state index in [2.05, 4.69) is 5.32 Å². The van der Waals surface area contributed by atoms with Crippen LogP contribution in [-0.2, 0) is 9.59 Å². The number of halogens is 1. The fourth-order valence-electron chi connectivity index (χ4n) is 1.43. The summed E-state index contributed by atoms with van der Waals surface area (Å²) >= 11 is 1.47. The van der Waals surface area contributed by atoms with Crippen molar-refractivity contribution in [2.45, 2.75) is 31.4 Å². The molecule has 4 nitrogen and oxygen atoms in total. The van der Waals surface area contributed by atoms with Crippen molar-refractivity contribution in [1.82, 2.24) is 5.32 Å². The lowest BCUT2D eigenvalue weighted by molar-refractivity contribution is -0.132. The lowest BCUT2D eigenvalue weighted by Crippen LogP contribution is -2.33. The Morgan fingerprint density at radius 1 is 1.69 bits per heavy atom. The lowest BCUT2D eigenvalue weighted by atomic mass is 9.96. The van der Waals surface area contributed by atoms with Crippen molar-refractivity contribution >= 4 is 32.2 Å². The van der Waals surface area contributed by atoms with Crippen LogP contribution in [0.4, 0.5) is 0 Å². The number of ketones is 1. The largest absolute Gasteiger partial charge is 0.388 e. The standard InChI is InChI=1S/C8H12INO3/c1-2-8(13)3-5(10-4-8)6(11)7(9)12/h5,10,13H,2-4H2,1H3. The molecular weight excluding hydrogens is 285 g/mol. The van der Waals surface area contributed by atoms with Gasteiger partial charge in [0.15, 0.2) is 0 Å². The highest BCUT2D eigenvalue weighted by atomic mass is 127. The van der Waals surface area contributed by atoms with Crippen LogP contribution in [0.5, 0.6) is 0 Å². The minimum absolute atomic E-state index is 0.344. The lowest BCUT2D eigenvalue weighted by Gasteiger charge is -2.18. The van der Waals surface area contributed by atoms with Crippen LogP contribution in [0.15, 0.2) is 0 Å². The highest BCUT2D eigenvalue weighted by Crippen LogP contribution is 2.23. The number of carbonyl (C=O) groups excluding carboxylic acids is 2. The Kier molecular flexibility index (Phi) is 3.42. The number of β-amino-alcohol motifs (C(OH)–C–C–N with tert-alkyl or cyclic N) is 1. The van der Waals surface area contributed by atoms with Gasteiger partial charge in [-0.3, -0.25) is 9.59 Å². The van der Waals surface area contributed by atoms with Crippen molar-refractivity contribution in [3.63, 3.8) is 0 Å². The number of rotatable bonds is 3. The van der Waals surface area contributed by atoms with E-state index < -0.39 is 21.2 Å². The van der Waals surface area contributed by atoms with Crippen LogP contribution < -0.4 is 5.32 Å². The Bertz CT molecular complexity index is 244. The van der Waals surface area contributed by atoms with Gasteiger partial charge in [-0.25, -0.2) is 0 Å². The van der Waals surface area contributed by atoms with E-state index in [0.29, 0.717) is 19.4 Å². The molecule has 2 unspecified atom stereocenters. The van der Waals surface area contributed by atoms with E-state index in [0.717, 1.165) is 0 Å². The summed E-state index contributed by atoms with van der Waals surface area (Å²) in [6.07, 6.45) is 0.941. The van der Waals surface area contributed by atoms with Crippen LogP contribution >= 0.6 is 22.6 Å². The molecule has 2 N–H and O–H groups in total. The molecule has 1 heterocycles. The Morgan fingerprint density at radius 2 is 2.31 bits per heavy atom. The first-order valence-corrected chi connectivity index (χ1v) is 5.26. The maximum Gasteiger partial charge on any atom is 0.259 e. The van der Waals surface area contributed by atoms with E-state index >= 15 is 0 Å². The second-order valence-corrected chi connectivity index (χ2v) is 4.33. The fourth-order valence-corrected chi connectivity index (χ4v) is 1.81. The molecule has 0 amide bonds. The average molecular weight is 297 g/mol. The molecule has 0 aromatic rings. The highest BCUT2D eigenvalue weighted by molar-refractivity contribution is 14.1. The molecule has 1 aliphatic heterocycles. The topological polar surface area (TPSA) is 66.4 Å². The van der Waals surface area contributed by atoms with Crippen molar-refractivity contribution in [1.29, 1.82) is 0 Å². The first-order chi connectivity index (χ1) is 5.98. The first-order valence-electron chi connectivity index (χ1n) is 4.18. The molecule has 0 aliphatic carbocycles. The second kappa shape index (κ2) is 4.02. The Balaban J connectivity index is 2.60. The van der Waals surface area contributed by atoms with Gasteiger partial charge in [0.2, 0.25) is 5.78 Å². The van der Waals surface area contributed by atoms with E-state index in [1.165, 1.54) is 22.6 Å². The molecule has 2 atom stereocenters. The van der Waals surface area contributed by atoms with Crippen molar-refractivity contribution in [3.8, 4) is 0 Å². The van der Waals surface area contributed by atoms with E-state index in [1.54, 1.807) is 0 Å². The van der Waals surface area contributed by atoms with Gasteiger partial charge in [-0.15, -0.1) is 0 Å². The first kappa shape index (κ1) is 11.1. The van der Waals surface area contributed by atoms with E-state index in [4.69, 9.17) is 0 Å². The second-order valence-electron chi connectivity index (χ2n) is 3.35. The number of hydrogen-bond acceptors (Lipinski definition) is 4. The maximum absolute atomic E-state index is 11.2. The molecular formula is C8H12INO3. The zero-order valence-corrected chi connectivity index (χ0v) is 9.50. The SMILES string of the molecule is CCC1(O)CNC(C(=O)C(=O)I)C1. The molecule has 1 rings (SSSR count). The Hall–Kier alpha value is -0.0100. The quantitative estimate of drug-likeness (QED) is 0.438. The predicted octanol–water partition coefficient (Wildman–Crippen LogP) is 0.0201. The van der Waals surface area contributed by atoms with Gasteiger partial charge in [0, 0.05) is 35.6 Å². The zero-order valence-electron chi connectivity index (χ0n) is 7.34. The molecule has 1 aliphatic rings. The van der Waals surface area contributed by atoms with E-state index in [9.17, 15) is 14.7 Å². The van der Waals surface area contributed by atoms with Gasteiger partial charge in [-0.1, -0.05) is 6.92 Å². The smallest absolute Gasteiger partial charge is 0.259 e. The molecule has 0 bridgehead atoms. The molecule has 0 radical (unpaired) electrons. The highest BCUT2D eigenvalue weighted by Gasteiger charge is 2.39. The average Bonchev–Trinajstić information content (AvgIpc) is 2.47. The monoisotopic (exact) mass is 297 g/mol. The van der Waals surface area contributed by atoms with Crippen LogP contribution in [0.3, 0.4) is 0 Å². The summed E-state index contributed by atoms with van der Waals surface area (Å²) in [5.74, 6) is -0.440. The van der Waals surface area contributed by atoms with Gasteiger partial charge < -0.3 is 10.4 Å². The van der Waals surface area contributed by atoms with E-state index in [1.807, 2.05) is 6.92 Å². The number of aliphatic hydroxyl groups is 1. The third-order valence-corrected chi connectivity index (χ3v) is 2.96. The third kappa shape index (κ3) is 2.47. The van der Waals surface area contributed by atoms with Gasteiger partial charge in [0.25, 0.3) is 3.79 Å². The minimum Gasteiger partial charge on any atom is -0.388 e. The summed E-state index contributed by atoms with van der Waals surface area (Å²) in [5, 5.41) is 12.6. The predicted molar refractivity (Wildman–Crippen MR) is 55.7 cm³/mol. The molecule has 0 aromatic carbocycles. The number of Topliss-reactive ketones (excluding diaryl/α,β-unsaturated/α-hetero) is 1. The number of nitrogens with one attached hydrogen (secondary N) is 1. The van der Waals surface area contributed by atoms with Crippen LogP contribution in [0, 0.1) is 0 Å². The summed E-state index contributed by atoms with van der Waals surface area (Å²) < 4.78 is -0.476. The summed E-state index contributed by atoms with van der Waals surface area (Å²) in [5.41, 5.74) is -0.813. The van der Waals surface area contributed by atoms with Gasteiger partial charge in [0.05, 0.1) is 11.6 Å². The van der Waals surface area contributed by atoms with Gasteiger partial charge in [0.1, 0.15) is 0 Å². The number of carbonyl (C=O) groups is 2. The summed E-state index contributed by atoms with van der Waals surface area (Å²) in [6, 6.07) is -0.491. The molecule has 13 heavy (non-hydrogen) atoms. The minimum atomic E-state index is -0.813. The summed E-state index contributed by atoms with van der Waals surface area (Å²) in [6.45, 7) is 2.25. The molecule has 1 fully saturated rings. The molecule has 0 saturated carbocycles. The number of hydrogen-bond donors (Lipinski definition) is 2. The van der Waals surface area contributed by atoms with Crippen LogP contribution in [0.2, 0.25) is 0 Å². The van der Waals surface area contributed by atoms with Gasteiger partial charge in [-0.2, -0.15) is 0 Å². The zero-order chi connectivity index (χ0) is 10.1. The summed E-state index contributed by atoms with van der Waals surface area (Å²) in [7, 11) is 0. The van der Waals surface area contributed by atoms with Gasteiger partial charge >= 0.3 is 0 Å². The van der Waals surface area contributed by atoms with Crippen molar-refractivity contribution in [2.75, 3.05) is 6.54 Å². The van der Waals surface area contributed by atoms with Gasteiger partial charge in [-0.05, 0) is 6.42 Å². The fraction of sp³-hybridized carbons (Fsp3) is 0.750. The maximum atomic E-state index is 11.2. The third-order valence-electron chi connectivity index (χ3n) is 2.43. The molecule has 0 spiro atoms. The molecule has 74 valence electrons. The van der Waals surface area contributed by atoms with Crippen molar-refractivity contribution in [2.24, 2.45) is 0 Å². The molecule has 1 saturated heterocycles. The van der Waals surface area contributed by atoms with Crippen LogP contribution in [0.25, 0.3) is 0 Å². The Labute approximate surface area is 90.2 Å². The molecule has 0 aromatic heterocycles. The van der Waals surface area contributed by atoms with E-state index in [-0.39, 0.29) is 0 Å².